The summed E-state index contributed by atoms with van der Waals surface area (Å²) >= 11 is 12.6. The van der Waals surface area contributed by atoms with Gasteiger partial charge in [-0.3, -0.25) is 4.79 Å². The van der Waals surface area contributed by atoms with E-state index in [0.29, 0.717) is 43.9 Å². The van der Waals surface area contributed by atoms with Gasteiger partial charge in [-0.1, -0.05) is 23.2 Å². The standard InChI is InChI=1S/C20H16Cl2N2O4/c1-10-3-5-13-14(21)8-15(22)19(18(13)23-10)28-11(2)20(25)24-12-4-6-16-17(7-12)27-9-26-16/h3-8,11H,9H2,1-2H3,(H,24,25)/t11-/m0/s1. The maximum Gasteiger partial charge on any atom is 0.265 e. The summed E-state index contributed by atoms with van der Waals surface area (Å²) in [6.45, 7) is 3.66. The molecule has 28 heavy (non-hydrogen) atoms. The molecule has 3 aromatic rings. The van der Waals surface area contributed by atoms with E-state index in [9.17, 15) is 4.79 Å². The molecule has 8 heteroatoms. The van der Waals surface area contributed by atoms with E-state index in [1.165, 1.54) is 0 Å². The lowest BCUT2D eigenvalue weighted by Gasteiger charge is -2.17. The molecule has 1 aliphatic rings. The summed E-state index contributed by atoms with van der Waals surface area (Å²) in [7, 11) is 0. The Kier molecular flexibility index (Phi) is 4.91. The number of rotatable bonds is 4. The van der Waals surface area contributed by atoms with E-state index in [2.05, 4.69) is 10.3 Å². The molecule has 0 radical (unpaired) electrons. The van der Waals surface area contributed by atoms with Gasteiger partial charge in [0.1, 0.15) is 5.52 Å². The first-order valence-electron chi connectivity index (χ1n) is 8.55. The Balaban J connectivity index is 1.57. The fraction of sp³-hybridized carbons (Fsp3) is 0.200. The third-order valence-electron chi connectivity index (χ3n) is 4.28. The van der Waals surface area contributed by atoms with E-state index in [1.807, 2.05) is 19.1 Å². The van der Waals surface area contributed by atoms with Crippen molar-refractivity contribution in [2.24, 2.45) is 0 Å². The van der Waals surface area contributed by atoms with E-state index in [-0.39, 0.29) is 12.7 Å². The second kappa shape index (κ2) is 7.37. The van der Waals surface area contributed by atoms with Gasteiger partial charge in [0.2, 0.25) is 6.79 Å². The van der Waals surface area contributed by atoms with Crippen LogP contribution in [0.15, 0.2) is 36.4 Å². The Labute approximate surface area is 171 Å². The number of halogens is 2. The Morgan fingerprint density at radius 3 is 2.75 bits per heavy atom. The molecule has 1 amide bonds. The molecule has 0 aliphatic carbocycles. The van der Waals surface area contributed by atoms with E-state index in [4.69, 9.17) is 37.4 Å². The monoisotopic (exact) mass is 418 g/mol. The smallest absolute Gasteiger partial charge is 0.265 e. The van der Waals surface area contributed by atoms with Gasteiger partial charge in [-0.25, -0.2) is 4.98 Å². The number of carbonyl (C=O) groups is 1. The van der Waals surface area contributed by atoms with Crippen molar-refractivity contribution in [1.29, 1.82) is 0 Å². The number of fused-ring (bicyclic) bond motifs is 2. The van der Waals surface area contributed by atoms with Crippen molar-refractivity contribution in [3.63, 3.8) is 0 Å². The topological polar surface area (TPSA) is 69.7 Å². The molecule has 0 spiro atoms. The molecule has 1 aromatic heterocycles. The van der Waals surface area contributed by atoms with Gasteiger partial charge in [0, 0.05) is 22.8 Å². The molecule has 0 fully saturated rings. The molecule has 1 N–H and O–H groups in total. The van der Waals surface area contributed by atoms with Crippen molar-refractivity contribution >= 4 is 45.7 Å². The van der Waals surface area contributed by atoms with Gasteiger partial charge in [-0.05, 0) is 44.2 Å². The van der Waals surface area contributed by atoms with E-state index in [1.54, 1.807) is 31.2 Å². The number of carbonyl (C=O) groups excluding carboxylic acids is 1. The zero-order valence-corrected chi connectivity index (χ0v) is 16.6. The van der Waals surface area contributed by atoms with Crippen molar-refractivity contribution in [1.82, 2.24) is 4.98 Å². The lowest BCUT2D eigenvalue weighted by Crippen LogP contribution is -2.30. The van der Waals surface area contributed by atoms with Crippen molar-refractivity contribution in [3.8, 4) is 17.2 Å². The summed E-state index contributed by atoms with van der Waals surface area (Å²) < 4.78 is 16.5. The summed E-state index contributed by atoms with van der Waals surface area (Å²) in [5, 5.41) is 4.26. The number of hydrogen-bond donors (Lipinski definition) is 1. The molecular weight excluding hydrogens is 403 g/mol. The number of aromatic nitrogens is 1. The van der Waals surface area contributed by atoms with Gasteiger partial charge in [-0.2, -0.15) is 0 Å². The van der Waals surface area contributed by atoms with Crippen LogP contribution in [0.2, 0.25) is 10.0 Å². The van der Waals surface area contributed by atoms with Crippen LogP contribution in [0, 0.1) is 6.92 Å². The first kappa shape index (κ1) is 18.7. The average Bonchev–Trinajstić information content (AvgIpc) is 3.12. The molecular formula is C20H16Cl2N2O4. The van der Waals surface area contributed by atoms with Crippen LogP contribution in [0.5, 0.6) is 17.2 Å². The molecule has 2 aromatic carbocycles. The summed E-state index contributed by atoms with van der Waals surface area (Å²) in [4.78, 5) is 17.1. The number of aryl methyl sites for hydroxylation is 1. The zero-order valence-electron chi connectivity index (χ0n) is 15.1. The van der Waals surface area contributed by atoms with Crippen molar-refractivity contribution in [3.05, 3.63) is 52.1 Å². The highest BCUT2D eigenvalue weighted by atomic mass is 35.5. The predicted molar refractivity (Wildman–Crippen MR) is 108 cm³/mol. The largest absolute Gasteiger partial charge is 0.477 e. The number of anilines is 1. The maximum absolute atomic E-state index is 12.6. The van der Waals surface area contributed by atoms with Crippen molar-refractivity contribution in [2.45, 2.75) is 20.0 Å². The minimum atomic E-state index is -0.824. The number of pyridine rings is 1. The number of ether oxygens (including phenoxy) is 3. The van der Waals surface area contributed by atoms with E-state index in [0.717, 1.165) is 5.69 Å². The molecule has 0 saturated heterocycles. The zero-order chi connectivity index (χ0) is 19.8. The Hall–Kier alpha value is -2.70. The second-order valence-electron chi connectivity index (χ2n) is 6.34. The van der Waals surface area contributed by atoms with Crippen LogP contribution in [0.25, 0.3) is 10.9 Å². The summed E-state index contributed by atoms with van der Waals surface area (Å²) in [6.07, 6.45) is -0.824. The van der Waals surface area contributed by atoms with E-state index >= 15 is 0 Å². The molecule has 6 nitrogen and oxygen atoms in total. The van der Waals surface area contributed by atoms with Crippen LogP contribution in [0.4, 0.5) is 5.69 Å². The van der Waals surface area contributed by atoms with Crippen LogP contribution in [0.1, 0.15) is 12.6 Å². The minimum Gasteiger partial charge on any atom is -0.477 e. The third kappa shape index (κ3) is 3.53. The van der Waals surface area contributed by atoms with Crippen LogP contribution < -0.4 is 19.5 Å². The number of hydrogen-bond acceptors (Lipinski definition) is 5. The molecule has 1 aliphatic heterocycles. The fourth-order valence-corrected chi connectivity index (χ4v) is 3.41. The first-order valence-corrected chi connectivity index (χ1v) is 9.30. The molecule has 144 valence electrons. The van der Waals surface area contributed by atoms with Crippen molar-refractivity contribution in [2.75, 3.05) is 12.1 Å². The molecule has 2 heterocycles. The Morgan fingerprint density at radius 2 is 1.93 bits per heavy atom. The normalized spacial score (nSPS) is 13.4. The Morgan fingerprint density at radius 1 is 1.14 bits per heavy atom. The average molecular weight is 419 g/mol. The van der Waals surface area contributed by atoms with Crippen LogP contribution >= 0.6 is 23.2 Å². The maximum atomic E-state index is 12.6. The summed E-state index contributed by atoms with van der Waals surface area (Å²) in [5.41, 5.74) is 1.87. The number of benzene rings is 2. The lowest BCUT2D eigenvalue weighted by atomic mass is 10.2. The van der Waals surface area contributed by atoms with Gasteiger partial charge < -0.3 is 19.5 Å². The van der Waals surface area contributed by atoms with Gasteiger partial charge in [0.05, 0.1) is 10.0 Å². The fourth-order valence-electron chi connectivity index (χ4n) is 2.85. The summed E-state index contributed by atoms with van der Waals surface area (Å²) in [6, 6.07) is 10.4. The number of nitrogens with one attached hydrogen (secondary N) is 1. The molecule has 0 saturated carbocycles. The first-order chi connectivity index (χ1) is 13.4. The quantitative estimate of drug-likeness (QED) is 0.646. The van der Waals surface area contributed by atoms with Crippen LogP contribution in [-0.2, 0) is 4.79 Å². The molecule has 0 unspecified atom stereocenters. The highest BCUT2D eigenvalue weighted by Gasteiger charge is 2.21. The van der Waals surface area contributed by atoms with Crippen molar-refractivity contribution < 1.29 is 19.0 Å². The van der Waals surface area contributed by atoms with E-state index < -0.39 is 6.10 Å². The summed E-state index contributed by atoms with van der Waals surface area (Å²) in [5.74, 6) is 1.20. The SMILES string of the molecule is Cc1ccc2c(Cl)cc(Cl)c(O[C@@H](C)C(=O)Nc3ccc4c(c3)OCO4)c2n1. The predicted octanol–water partition coefficient (Wildman–Crippen LogP) is 4.98. The van der Waals surface area contributed by atoms with Gasteiger partial charge in [0.15, 0.2) is 23.4 Å². The molecule has 0 bridgehead atoms. The molecule has 4 rings (SSSR count). The molecule has 1 atom stereocenters. The minimum absolute atomic E-state index is 0.167. The van der Waals surface area contributed by atoms with Gasteiger partial charge in [0.25, 0.3) is 5.91 Å². The number of amides is 1. The Bertz CT molecular complexity index is 1090. The van der Waals surface area contributed by atoms with Crippen LogP contribution in [0.3, 0.4) is 0 Å². The highest BCUT2D eigenvalue weighted by molar-refractivity contribution is 6.39. The highest BCUT2D eigenvalue weighted by Crippen LogP contribution is 2.38. The third-order valence-corrected chi connectivity index (χ3v) is 4.87. The van der Waals surface area contributed by atoms with Crippen LogP contribution in [-0.4, -0.2) is 23.8 Å². The van der Waals surface area contributed by atoms with Gasteiger partial charge >= 0.3 is 0 Å². The number of nitrogens with zero attached hydrogens (tertiary/aromatic N) is 1. The lowest BCUT2D eigenvalue weighted by molar-refractivity contribution is -0.122. The van der Waals surface area contributed by atoms with Gasteiger partial charge in [-0.15, -0.1) is 0 Å². The second-order valence-corrected chi connectivity index (χ2v) is 7.15.